The molecule has 0 N–H and O–H groups in total. The maximum atomic E-state index is 11.8. The van der Waals surface area contributed by atoms with Gasteiger partial charge in [-0.05, 0) is 25.0 Å². The minimum absolute atomic E-state index is 0.185. The van der Waals surface area contributed by atoms with Gasteiger partial charge in [0.1, 0.15) is 11.5 Å². The molecule has 0 amide bonds. The Balaban J connectivity index is 1.62. The summed E-state index contributed by atoms with van der Waals surface area (Å²) in [5, 5.41) is 0. The number of aliphatic imine (C=N–C) groups is 1. The lowest BCUT2D eigenvalue weighted by Crippen LogP contribution is -2.24. The predicted molar refractivity (Wildman–Crippen MR) is 71.9 cm³/mol. The molecule has 4 nitrogen and oxygen atoms in total. The normalized spacial score (nSPS) is 17.3. The van der Waals surface area contributed by atoms with Crippen molar-refractivity contribution in [2.24, 2.45) is 10.9 Å². The molecular weight excluding hydrogens is 250 g/mol. The topological polar surface area (TPSA) is 51.8 Å². The minimum Gasteiger partial charge on any atom is -0.467 e. The molecule has 1 aliphatic heterocycles. The molecule has 1 saturated heterocycles. The molecule has 98 valence electrons. The van der Waals surface area contributed by atoms with Crippen molar-refractivity contribution in [3.63, 3.8) is 0 Å². The van der Waals surface area contributed by atoms with Crippen LogP contribution in [0.3, 0.4) is 0 Å². The van der Waals surface area contributed by atoms with Gasteiger partial charge in [-0.3, -0.25) is 9.79 Å². The van der Waals surface area contributed by atoms with Crippen molar-refractivity contribution >= 4 is 23.1 Å². The summed E-state index contributed by atoms with van der Waals surface area (Å²) in [6.45, 7) is 1.97. The van der Waals surface area contributed by atoms with Crippen LogP contribution in [0, 0.1) is 5.92 Å². The number of hydrogen-bond acceptors (Lipinski definition) is 5. The first-order chi connectivity index (χ1) is 8.86. The molecule has 0 saturated carbocycles. The summed E-state index contributed by atoms with van der Waals surface area (Å²) in [7, 11) is 0. The number of thioether (sulfide) groups is 1. The van der Waals surface area contributed by atoms with Crippen molar-refractivity contribution in [1.82, 2.24) is 0 Å². The minimum atomic E-state index is 0.185. The van der Waals surface area contributed by atoms with E-state index in [-0.39, 0.29) is 5.92 Å². The van der Waals surface area contributed by atoms with Gasteiger partial charge in [0.2, 0.25) is 0 Å². The summed E-state index contributed by atoms with van der Waals surface area (Å²) in [6.07, 6.45) is 3.36. The third kappa shape index (κ3) is 4.31. The van der Waals surface area contributed by atoms with E-state index in [2.05, 4.69) is 4.99 Å². The maximum absolute atomic E-state index is 11.8. The lowest BCUT2D eigenvalue weighted by molar-refractivity contribution is -0.123. The molecule has 5 heteroatoms. The highest BCUT2D eigenvalue weighted by Crippen LogP contribution is 2.17. The molecule has 0 aromatic carbocycles. The van der Waals surface area contributed by atoms with Crippen molar-refractivity contribution in [3.8, 4) is 0 Å². The molecule has 0 radical (unpaired) electrons. The Morgan fingerprint density at radius 1 is 1.50 bits per heavy atom. The third-order valence-electron chi connectivity index (χ3n) is 2.88. The SMILES string of the molecule is O=C(CS/C=N\Cc1ccco1)C1CCOCC1. The second-order valence-electron chi connectivity index (χ2n) is 4.19. The lowest BCUT2D eigenvalue weighted by Gasteiger charge is -2.20. The number of ketones is 1. The summed E-state index contributed by atoms with van der Waals surface area (Å²) in [5.41, 5.74) is 1.74. The van der Waals surface area contributed by atoms with Crippen molar-refractivity contribution in [1.29, 1.82) is 0 Å². The molecule has 0 unspecified atom stereocenters. The van der Waals surface area contributed by atoms with Gasteiger partial charge in [-0.25, -0.2) is 0 Å². The Morgan fingerprint density at radius 3 is 3.06 bits per heavy atom. The first-order valence-corrected chi connectivity index (χ1v) is 7.14. The van der Waals surface area contributed by atoms with Gasteiger partial charge in [-0.1, -0.05) is 0 Å². The zero-order chi connectivity index (χ0) is 12.6. The van der Waals surface area contributed by atoms with Gasteiger partial charge in [0.25, 0.3) is 0 Å². The van der Waals surface area contributed by atoms with Crippen molar-refractivity contribution in [2.45, 2.75) is 19.4 Å². The summed E-state index contributed by atoms with van der Waals surface area (Å²) in [6, 6.07) is 3.72. The molecule has 18 heavy (non-hydrogen) atoms. The highest BCUT2D eigenvalue weighted by molar-refractivity contribution is 8.12. The molecule has 1 aromatic heterocycles. The first-order valence-electron chi connectivity index (χ1n) is 6.09. The van der Waals surface area contributed by atoms with Gasteiger partial charge < -0.3 is 9.15 Å². The fourth-order valence-corrected chi connectivity index (χ4v) is 2.49. The second-order valence-corrected chi connectivity index (χ2v) is 5.02. The molecule has 0 aliphatic carbocycles. The van der Waals surface area contributed by atoms with Gasteiger partial charge in [0.05, 0.1) is 24.1 Å². The Morgan fingerprint density at radius 2 is 2.33 bits per heavy atom. The number of carbonyl (C=O) groups excluding carboxylic acids is 1. The molecule has 0 bridgehead atoms. The summed E-state index contributed by atoms with van der Waals surface area (Å²) < 4.78 is 10.4. The van der Waals surface area contributed by atoms with Crippen LogP contribution in [-0.4, -0.2) is 30.3 Å². The van der Waals surface area contributed by atoms with Gasteiger partial charge >= 0.3 is 0 Å². The Bertz CT molecular complexity index is 383. The van der Waals surface area contributed by atoms with Crippen LogP contribution >= 0.6 is 11.8 Å². The van der Waals surface area contributed by atoms with E-state index in [1.54, 1.807) is 11.8 Å². The third-order valence-corrected chi connectivity index (χ3v) is 3.63. The second kappa shape index (κ2) is 7.38. The van der Waals surface area contributed by atoms with Crippen molar-refractivity contribution < 1.29 is 13.9 Å². The van der Waals surface area contributed by atoms with Crippen LogP contribution in [0.5, 0.6) is 0 Å². The van der Waals surface area contributed by atoms with E-state index in [9.17, 15) is 4.79 Å². The lowest BCUT2D eigenvalue weighted by atomic mass is 9.96. The van der Waals surface area contributed by atoms with Crippen molar-refractivity contribution in [2.75, 3.05) is 19.0 Å². The molecule has 0 atom stereocenters. The Labute approximate surface area is 111 Å². The summed E-state index contributed by atoms with van der Waals surface area (Å²) in [4.78, 5) is 16.0. The van der Waals surface area contributed by atoms with E-state index in [1.807, 2.05) is 12.1 Å². The Hall–Kier alpha value is -1.07. The molecule has 1 aliphatic rings. The first kappa shape index (κ1) is 13.4. The van der Waals surface area contributed by atoms with Gasteiger partial charge in [0, 0.05) is 19.1 Å². The zero-order valence-electron chi connectivity index (χ0n) is 10.2. The molecule has 2 rings (SSSR count). The van der Waals surface area contributed by atoms with E-state index in [1.165, 1.54) is 11.8 Å². The average Bonchev–Trinajstić information content (AvgIpc) is 2.92. The van der Waals surface area contributed by atoms with Crippen LogP contribution in [-0.2, 0) is 16.1 Å². The largest absolute Gasteiger partial charge is 0.467 e. The van der Waals surface area contributed by atoms with Crippen LogP contribution in [0.1, 0.15) is 18.6 Å². The van der Waals surface area contributed by atoms with E-state index < -0.39 is 0 Å². The zero-order valence-corrected chi connectivity index (χ0v) is 11.0. The standard InChI is InChI=1S/C13H17NO3S/c15-13(11-3-6-16-7-4-11)9-18-10-14-8-12-2-1-5-17-12/h1-2,5,10-11H,3-4,6-9H2/b14-10-. The Kier molecular flexibility index (Phi) is 5.48. The molecule has 0 spiro atoms. The van der Waals surface area contributed by atoms with E-state index in [0.717, 1.165) is 18.6 Å². The number of rotatable bonds is 6. The van der Waals surface area contributed by atoms with Crippen LogP contribution in [0.25, 0.3) is 0 Å². The number of nitrogens with zero attached hydrogens (tertiary/aromatic N) is 1. The summed E-state index contributed by atoms with van der Waals surface area (Å²) in [5.74, 6) is 1.84. The molecule has 1 fully saturated rings. The number of furan rings is 1. The fourth-order valence-electron chi connectivity index (χ4n) is 1.84. The molecule has 1 aromatic rings. The molecule has 2 heterocycles. The predicted octanol–water partition coefficient (Wildman–Crippen LogP) is 2.54. The average molecular weight is 267 g/mol. The van der Waals surface area contributed by atoms with E-state index in [0.29, 0.717) is 31.3 Å². The maximum Gasteiger partial charge on any atom is 0.146 e. The van der Waals surface area contributed by atoms with E-state index in [4.69, 9.17) is 9.15 Å². The smallest absolute Gasteiger partial charge is 0.146 e. The van der Waals surface area contributed by atoms with Crippen LogP contribution in [0.15, 0.2) is 27.8 Å². The number of carbonyl (C=O) groups is 1. The summed E-state index contributed by atoms with van der Waals surface area (Å²) >= 11 is 1.45. The number of hydrogen-bond donors (Lipinski definition) is 0. The van der Waals surface area contributed by atoms with Gasteiger partial charge in [0.15, 0.2) is 0 Å². The highest BCUT2D eigenvalue weighted by Gasteiger charge is 2.20. The number of ether oxygens (including phenoxy) is 1. The van der Waals surface area contributed by atoms with Crippen LogP contribution in [0.2, 0.25) is 0 Å². The highest BCUT2D eigenvalue weighted by atomic mass is 32.2. The van der Waals surface area contributed by atoms with Gasteiger partial charge in [-0.2, -0.15) is 0 Å². The fraction of sp³-hybridized carbons (Fsp3) is 0.538. The number of Topliss-reactive ketones (excluding diaryl/α,β-unsaturated/α-hetero) is 1. The van der Waals surface area contributed by atoms with Crippen molar-refractivity contribution in [3.05, 3.63) is 24.2 Å². The van der Waals surface area contributed by atoms with E-state index >= 15 is 0 Å². The molecular formula is C13H17NO3S. The van der Waals surface area contributed by atoms with Crippen LogP contribution < -0.4 is 0 Å². The van der Waals surface area contributed by atoms with Gasteiger partial charge in [-0.15, -0.1) is 11.8 Å². The quantitative estimate of drug-likeness (QED) is 0.587. The van der Waals surface area contributed by atoms with Crippen LogP contribution in [0.4, 0.5) is 0 Å². The monoisotopic (exact) mass is 267 g/mol.